The third-order valence-electron chi connectivity index (χ3n) is 2.42. The molecule has 0 amide bonds. The lowest BCUT2D eigenvalue weighted by molar-refractivity contribution is 0.514. The second kappa shape index (κ2) is 5.07. The summed E-state index contributed by atoms with van der Waals surface area (Å²) in [5, 5.41) is 6.78. The van der Waals surface area contributed by atoms with Crippen LogP contribution in [0.5, 0.6) is 0 Å². The summed E-state index contributed by atoms with van der Waals surface area (Å²) in [6, 6.07) is 0. The molecule has 0 aliphatic carbocycles. The van der Waals surface area contributed by atoms with Gasteiger partial charge in [-0.1, -0.05) is 11.6 Å². The first-order valence-electron chi connectivity index (χ1n) is 4.86. The smallest absolute Gasteiger partial charge is 0.183 e. The van der Waals surface area contributed by atoms with Crippen molar-refractivity contribution in [2.45, 2.75) is 13.0 Å². The van der Waals surface area contributed by atoms with E-state index in [1.165, 1.54) is 17.8 Å². The van der Waals surface area contributed by atoms with Crippen molar-refractivity contribution in [1.29, 1.82) is 0 Å². The molecule has 0 aromatic carbocycles. The highest BCUT2D eigenvalue weighted by molar-refractivity contribution is 7.15. The quantitative estimate of drug-likeness (QED) is 0.825. The topological polar surface area (TPSA) is 37.0 Å². The summed E-state index contributed by atoms with van der Waals surface area (Å²) in [5.74, 6) is 0.790. The van der Waals surface area contributed by atoms with Gasteiger partial charge in [0, 0.05) is 17.6 Å². The van der Waals surface area contributed by atoms with Crippen molar-refractivity contribution >= 4 is 22.9 Å². The number of hydrogen-bond donors (Lipinski definition) is 2. The van der Waals surface area contributed by atoms with Crippen LogP contribution in [0.25, 0.3) is 0 Å². The molecule has 0 spiro atoms. The highest BCUT2D eigenvalue weighted by atomic mass is 35.5. The van der Waals surface area contributed by atoms with Gasteiger partial charge in [0.05, 0.1) is 0 Å². The zero-order valence-corrected chi connectivity index (χ0v) is 9.50. The average molecular weight is 232 g/mol. The maximum atomic E-state index is 5.74. The summed E-state index contributed by atoms with van der Waals surface area (Å²) >= 11 is 7.28. The van der Waals surface area contributed by atoms with Gasteiger partial charge in [-0.05, 0) is 32.0 Å². The fourth-order valence-corrected chi connectivity index (χ4v) is 2.60. The van der Waals surface area contributed by atoms with E-state index in [4.69, 9.17) is 11.6 Å². The molecule has 14 heavy (non-hydrogen) atoms. The van der Waals surface area contributed by atoms with Crippen molar-refractivity contribution in [3.05, 3.63) is 15.5 Å². The van der Waals surface area contributed by atoms with E-state index in [2.05, 4.69) is 15.6 Å². The Bertz CT molecular complexity index is 283. The summed E-state index contributed by atoms with van der Waals surface area (Å²) in [6.07, 6.45) is 3.13. The van der Waals surface area contributed by atoms with Crippen LogP contribution in [0.1, 0.15) is 11.3 Å². The molecule has 1 aromatic rings. The minimum Gasteiger partial charge on any atom is -0.316 e. The molecule has 3 nitrogen and oxygen atoms in total. The van der Waals surface area contributed by atoms with Gasteiger partial charge in [-0.2, -0.15) is 0 Å². The number of halogens is 1. The molecule has 78 valence electrons. The molecular weight excluding hydrogens is 218 g/mol. The summed E-state index contributed by atoms with van der Waals surface area (Å²) < 4.78 is 0.629. The third kappa shape index (κ3) is 2.92. The van der Waals surface area contributed by atoms with Crippen LogP contribution in [0.3, 0.4) is 0 Å². The number of aromatic nitrogens is 1. The Morgan fingerprint density at radius 2 is 2.64 bits per heavy atom. The minimum absolute atomic E-state index is 0.629. The molecular formula is C9H14ClN3S. The molecule has 1 aromatic heterocycles. The van der Waals surface area contributed by atoms with E-state index in [-0.39, 0.29) is 0 Å². The summed E-state index contributed by atoms with van der Waals surface area (Å²) in [5.41, 5.74) is 0. The maximum Gasteiger partial charge on any atom is 0.183 e. The van der Waals surface area contributed by atoms with Crippen molar-refractivity contribution in [2.24, 2.45) is 5.92 Å². The van der Waals surface area contributed by atoms with Gasteiger partial charge in [-0.3, -0.25) is 0 Å². The van der Waals surface area contributed by atoms with Gasteiger partial charge >= 0.3 is 0 Å². The predicted octanol–water partition coefficient (Wildman–Crippen LogP) is 1.50. The number of hydrogen-bond acceptors (Lipinski definition) is 4. The lowest BCUT2D eigenvalue weighted by atomic mass is 10.1. The Kier molecular flexibility index (Phi) is 3.75. The van der Waals surface area contributed by atoms with Crippen molar-refractivity contribution < 1.29 is 0 Å². The lowest BCUT2D eigenvalue weighted by Gasteiger charge is -2.08. The summed E-state index contributed by atoms with van der Waals surface area (Å²) in [6.45, 7) is 4.29. The largest absolute Gasteiger partial charge is 0.316 e. The molecule has 0 unspecified atom stereocenters. The van der Waals surface area contributed by atoms with Crippen molar-refractivity contribution in [1.82, 2.24) is 15.6 Å². The lowest BCUT2D eigenvalue weighted by Crippen LogP contribution is -2.23. The molecule has 1 aliphatic rings. The van der Waals surface area contributed by atoms with Crippen LogP contribution in [0.15, 0.2) is 6.20 Å². The van der Waals surface area contributed by atoms with Gasteiger partial charge in [0.1, 0.15) is 0 Å². The Morgan fingerprint density at radius 3 is 3.29 bits per heavy atom. The molecule has 0 radical (unpaired) electrons. The first-order valence-corrected chi connectivity index (χ1v) is 6.05. The fraction of sp³-hybridized carbons (Fsp3) is 0.667. The molecule has 1 aliphatic heterocycles. The fourth-order valence-electron chi connectivity index (χ4n) is 1.65. The predicted molar refractivity (Wildman–Crippen MR) is 59.8 cm³/mol. The van der Waals surface area contributed by atoms with E-state index in [0.717, 1.165) is 25.6 Å². The van der Waals surface area contributed by atoms with Crippen LogP contribution in [0.2, 0.25) is 4.47 Å². The van der Waals surface area contributed by atoms with Gasteiger partial charge < -0.3 is 10.6 Å². The molecule has 2 N–H and O–H groups in total. The number of rotatable bonds is 4. The second-order valence-electron chi connectivity index (χ2n) is 3.57. The monoisotopic (exact) mass is 231 g/mol. The van der Waals surface area contributed by atoms with Crippen LogP contribution in [-0.2, 0) is 6.54 Å². The van der Waals surface area contributed by atoms with Crippen molar-refractivity contribution in [3.8, 4) is 0 Å². The van der Waals surface area contributed by atoms with E-state index in [0.29, 0.717) is 4.47 Å². The molecule has 0 saturated carbocycles. The Balaban J connectivity index is 1.67. The summed E-state index contributed by atoms with van der Waals surface area (Å²) in [7, 11) is 0. The first kappa shape index (κ1) is 10.4. The SMILES string of the molecule is Clc1ncc(CNC[C@@H]2CCNC2)s1. The van der Waals surface area contributed by atoms with E-state index in [1.807, 2.05) is 6.20 Å². The molecule has 0 bridgehead atoms. The maximum absolute atomic E-state index is 5.74. The normalized spacial score (nSPS) is 21.6. The van der Waals surface area contributed by atoms with E-state index >= 15 is 0 Å². The van der Waals surface area contributed by atoms with Crippen molar-refractivity contribution in [3.63, 3.8) is 0 Å². The van der Waals surface area contributed by atoms with Crippen molar-refractivity contribution in [2.75, 3.05) is 19.6 Å². The first-order chi connectivity index (χ1) is 6.84. The van der Waals surface area contributed by atoms with Gasteiger partial charge in [-0.25, -0.2) is 4.98 Å². The second-order valence-corrected chi connectivity index (χ2v) is 5.27. The summed E-state index contributed by atoms with van der Waals surface area (Å²) in [4.78, 5) is 5.21. The zero-order valence-electron chi connectivity index (χ0n) is 7.92. The Labute approximate surface area is 92.9 Å². The molecule has 1 saturated heterocycles. The molecule has 1 atom stereocenters. The molecule has 2 rings (SSSR count). The zero-order chi connectivity index (χ0) is 9.80. The number of nitrogens with zero attached hydrogens (tertiary/aromatic N) is 1. The highest BCUT2D eigenvalue weighted by Gasteiger charge is 2.13. The Morgan fingerprint density at radius 1 is 1.71 bits per heavy atom. The molecule has 5 heteroatoms. The highest BCUT2D eigenvalue weighted by Crippen LogP contribution is 2.17. The average Bonchev–Trinajstić information content (AvgIpc) is 2.77. The van der Waals surface area contributed by atoms with Gasteiger partial charge in [-0.15, -0.1) is 11.3 Å². The van der Waals surface area contributed by atoms with Gasteiger partial charge in [0.2, 0.25) is 0 Å². The van der Waals surface area contributed by atoms with Crippen LogP contribution in [-0.4, -0.2) is 24.6 Å². The number of nitrogens with one attached hydrogen (secondary N) is 2. The minimum atomic E-state index is 0.629. The molecule has 1 fully saturated rings. The van der Waals surface area contributed by atoms with E-state index in [9.17, 15) is 0 Å². The van der Waals surface area contributed by atoms with Crippen LogP contribution in [0.4, 0.5) is 0 Å². The van der Waals surface area contributed by atoms with Crippen LogP contribution in [0, 0.1) is 5.92 Å². The van der Waals surface area contributed by atoms with Gasteiger partial charge in [0.25, 0.3) is 0 Å². The Hall–Kier alpha value is -0.160. The van der Waals surface area contributed by atoms with Crippen LogP contribution < -0.4 is 10.6 Å². The van der Waals surface area contributed by atoms with E-state index in [1.54, 1.807) is 11.3 Å². The third-order valence-corrected chi connectivity index (χ3v) is 3.53. The van der Waals surface area contributed by atoms with Gasteiger partial charge in [0.15, 0.2) is 4.47 Å². The standard InChI is InChI=1S/C9H14ClN3S/c10-9-13-6-8(14-9)5-12-4-7-1-2-11-3-7/h6-7,11-12H,1-5H2/t7-/m1/s1. The molecule has 2 heterocycles. The number of thiazole rings is 1. The van der Waals surface area contributed by atoms with E-state index < -0.39 is 0 Å². The van der Waals surface area contributed by atoms with Crippen LogP contribution >= 0.6 is 22.9 Å².